The maximum atomic E-state index is 10.4. The van der Waals surface area contributed by atoms with Crippen molar-refractivity contribution in [2.75, 3.05) is 13.1 Å². The summed E-state index contributed by atoms with van der Waals surface area (Å²) in [5.41, 5.74) is 0. The standard InChI is InChI=1S/C6H11NO4/c8-4-2-7-1-3(5(4)9)6(10)11/h3-5,7-9H,1-2H2,(H,10,11)/t3-,4+,5-/m0/s1. The van der Waals surface area contributed by atoms with Crippen LogP contribution in [-0.4, -0.2) is 46.6 Å². The van der Waals surface area contributed by atoms with Gasteiger partial charge in [0.05, 0.1) is 18.1 Å². The van der Waals surface area contributed by atoms with Crippen LogP contribution in [0.1, 0.15) is 0 Å². The third kappa shape index (κ3) is 1.68. The lowest BCUT2D eigenvalue weighted by Gasteiger charge is -2.29. The minimum Gasteiger partial charge on any atom is -0.481 e. The van der Waals surface area contributed by atoms with Gasteiger partial charge in [-0.25, -0.2) is 0 Å². The van der Waals surface area contributed by atoms with Gasteiger partial charge in [-0.1, -0.05) is 0 Å². The Kier molecular flexibility index (Phi) is 2.43. The van der Waals surface area contributed by atoms with Crippen LogP contribution in [0.25, 0.3) is 0 Å². The summed E-state index contributed by atoms with van der Waals surface area (Å²) in [6.45, 7) is 0.471. The minimum atomic E-state index is -1.14. The average Bonchev–Trinajstić information content (AvgIpc) is 1.94. The van der Waals surface area contributed by atoms with E-state index in [4.69, 9.17) is 15.3 Å². The van der Waals surface area contributed by atoms with Crippen molar-refractivity contribution in [3.8, 4) is 0 Å². The Morgan fingerprint density at radius 2 is 2.00 bits per heavy atom. The maximum absolute atomic E-state index is 10.4. The molecule has 0 bridgehead atoms. The molecule has 5 nitrogen and oxygen atoms in total. The molecule has 0 aliphatic carbocycles. The summed E-state index contributed by atoms with van der Waals surface area (Å²) in [5.74, 6) is -1.97. The van der Waals surface area contributed by atoms with Crippen LogP contribution in [0.4, 0.5) is 0 Å². The Bertz CT molecular complexity index is 161. The van der Waals surface area contributed by atoms with Crippen molar-refractivity contribution in [2.24, 2.45) is 5.92 Å². The summed E-state index contributed by atoms with van der Waals surface area (Å²) >= 11 is 0. The van der Waals surface area contributed by atoms with Crippen molar-refractivity contribution < 1.29 is 20.1 Å². The summed E-state index contributed by atoms with van der Waals surface area (Å²) in [6, 6.07) is 0. The molecule has 0 aromatic heterocycles. The van der Waals surface area contributed by atoms with Crippen molar-refractivity contribution in [1.82, 2.24) is 5.32 Å². The Hall–Kier alpha value is -0.650. The van der Waals surface area contributed by atoms with Crippen LogP contribution in [0, 0.1) is 5.92 Å². The van der Waals surface area contributed by atoms with E-state index in [9.17, 15) is 4.79 Å². The Morgan fingerprint density at radius 3 is 2.45 bits per heavy atom. The average molecular weight is 161 g/mol. The first-order chi connectivity index (χ1) is 5.13. The van der Waals surface area contributed by atoms with E-state index in [1.807, 2.05) is 0 Å². The van der Waals surface area contributed by atoms with Crippen molar-refractivity contribution in [1.29, 1.82) is 0 Å². The van der Waals surface area contributed by atoms with Gasteiger partial charge in [-0.15, -0.1) is 0 Å². The molecule has 0 aromatic rings. The predicted octanol–water partition coefficient (Wildman–Crippen LogP) is -1.99. The molecule has 5 heteroatoms. The van der Waals surface area contributed by atoms with Gasteiger partial charge in [0.2, 0.25) is 0 Å². The first kappa shape index (κ1) is 8.45. The zero-order chi connectivity index (χ0) is 8.43. The molecule has 1 saturated heterocycles. The fourth-order valence-corrected chi connectivity index (χ4v) is 1.13. The first-order valence-corrected chi connectivity index (χ1v) is 3.42. The molecule has 0 aromatic carbocycles. The predicted molar refractivity (Wildman–Crippen MR) is 36.0 cm³/mol. The molecule has 1 aliphatic heterocycles. The summed E-state index contributed by atoms with van der Waals surface area (Å²) in [4.78, 5) is 10.4. The fraction of sp³-hybridized carbons (Fsp3) is 0.833. The molecule has 0 amide bonds. The smallest absolute Gasteiger partial charge is 0.310 e. The summed E-state index contributed by atoms with van der Waals surface area (Å²) in [6.07, 6.45) is -2.11. The summed E-state index contributed by atoms with van der Waals surface area (Å²) in [7, 11) is 0. The summed E-state index contributed by atoms with van der Waals surface area (Å²) in [5, 5.41) is 29.4. The number of hydrogen-bond donors (Lipinski definition) is 4. The molecule has 1 heterocycles. The second-order valence-electron chi connectivity index (χ2n) is 2.66. The third-order valence-electron chi connectivity index (χ3n) is 1.84. The van der Waals surface area contributed by atoms with Crippen molar-refractivity contribution >= 4 is 5.97 Å². The molecule has 0 spiro atoms. The van der Waals surface area contributed by atoms with E-state index in [-0.39, 0.29) is 13.1 Å². The highest BCUT2D eigenvalue weighted by Crippen LogP contribution is 2.11. The quantitative estimate of drug-likeness (QED) is 0.357. The Labute approximate surface area is 63.7 Å². The number of carbonyl (C=O) groups is 1. The number of hydrogen-bond acceptors (Lipinski definition) is 4. The van der Waals surface area contributed by atoms with Gasteiger partial charge in [0.15, 0.2) is 0 Å². The van der Waals surface area contributed by atoms with Gasteiger partial charge in [0.1, 0.15) is 0 Å². The maximum Gasteiger partial charge on any atom is 0.310 e. The van der Waals surface area contributed by atoms with Gasteiger partial charge >= 0.3 is 5.97 Å². The van der Waals surface area contributed by atoms with E-state index in [0.29, 0.717) is 0 Å². The van der Waals surface area contributed by atoms with Crippen molar-refractivity contribution in [3.63, 3.8) is 0 Å². The topological polar surface area (TPSA) is 89.8 Å². The van der Waals surface area contributed by atoms with E-state index in [1.165, 1.54) is 0 Å². The van der Waals surface area contributed by atoms with E-state index < -0.39 is 24.1 Å². The highest BCUT2D eigenvalue weighted by molar-refractivity contribution is 5.71. The van der Waals surface area contributed by atoms with Gasteiger partial charge in [-0.05, 0) is 0 Å². The molecule has 11 heavy (non-hydrogen) atoms. The van der Waals surface area contributed by atoms with Gasteiger partial charge in [0, 0.05) is 13.1 Å². The molecule has 0 saturated carbocycles. The highest BCUT2D eigenvalue weighted by Gasteiger charge is 2.34. The second-order valence-corrected chi connectivity index (χ2v) is 2.66. The number of piperidine rings is 1. The minimum absolute atomic E-state index is 0.216. The van der Waals surface area contributed by atoms with Gasteiger partial charge < -0.3 is 20.6 Å². The summed E-state index contributed by atoms with van der Waals surface area (Å²) < 4.78 is 0. The number of carboxylic acid groups (broad SMARTS) is 1. The Morgan fingerprint density at radius 1 is 1.36 bits per heavy atom. The Balaban J connectivity index is 2.58. The van der Waals surface area contributed by atoms with E-state index in [0.717, 1.165) is 0 Å². The van der Waals surface area contributed by atoms with Crippen molar-refractivity contribution in [3.05, 3.63) is 0 Å². The second kappa shape index (κ2) is 3.17. The number of aliphatic hydroxyl groups excluding tert-OH is 2. The van der Waals surface area contributed by atoms with Crippen molar-refractivity contribution in [2.45, 2.75) is 12.2 Å². The molecular formula is C6H11NO4. The zero-order valence-electron chi connectivity index (χ0n) is 5.90. The fourth-order valence-electron chi connectivity index (χ4n) is 1.13. The number of aliphatic hydroxyl groups is 2. The molecule has 1 fully saturated rings. The molecule has 0 unspecified atom stereocenters. The lowest BCUT2D eigenvalue weighted by Crippen LogP contribution is -2.52. The normalized spacial score (nSPS) is 38.5. The molecule has 64 valence electrons. The largest absolute Gasteiger partial charge is 0.481 e. The highest BCUT2D eigenvalue weighted by atomic mass is 16.4. The van der Waals surface area contributed by atoms with Gasteiger partial charge in [-0.2, -0.15) is 0 Å². The molecular weight excluding hydrogens is 150 g/mol. The lowest BCUT2D eigenvalue weighted by atomic mass is 9.94. The van der Waals surface area contributed by atoms with Gasteiger partial charge in [0.25, 0.3) is 0 Å². The third-order valence-corrected chi connectivity index (χ3v) is 1.84. The number of nitrogens with one attached hydrogen (secondary N) is 1. The van der Waals surface area contributed by atoms with Crippen LogP contribution < -0.4 is 5.32 Å². The van der Waals surface area contributed by atoms with Gasteiger partial charge in [-0.3, -0.25) is 4.79 Å². The molecule has 1 rings (SSSR count). The monoisotopic (exact) mass is 161 g/mol. The van der Waals surface area contributed by atoms with E-state index >= 15 is 0 Å². The van der Waals surface area contributed by atoms with Crippen LogP contribution >= 0.6 is 0 Å². The van der Waals surface area contributed by atoms with Crippen LogP contribution in [0.2, 0.25) is 0 Å². The van der Waals surface area contributed by atoms with Crippen LogP contribution in [0.15, 0.2) is 0 Å². The number of rotatable bonds is 1. The molecule has 3 atom stereocenters. The molecule has 4 N–H and O–H groups in total. The number of carboxylic acids is 1. The van der Waals surface area contributed by atoms with E-state index in [2.05, 4.69) is 5.32 Å². The molecule has 1 aliphatic rings. The van der Waals surface area contributed by atoms with Crippen LogP contribution in [0.5, 0.6) is 0 Å². The number of β-amino-alcohol motifs (C(OH)–C–C–N with tert-alkyl or cyclic N) is 1. The molecule has 0 radical (unpaired) electrons. The lowest BCUT2D eigenvalue weighted by molar-refractivity contribution is -0.150. The SMILES string of the molecule is O=C(O)[C@H]1CNC[C@@H](O)[C@H]1O. The first-order valence-electron chi connectivity index (χ1n) is 3.42. The number of aliphatic carboxylic acids is 1. The van der Waals surface area contributed by atoms with Crippen LogP contribution in [0.3, 0.4) is 0 Å². The van der Waals surface area contributed by atoms with Crippen LogP contribution in [-0.2, 0) is 4.79 Å². The zero-order valence-corrected chi connectivity index (χ0v) is 5.90. The van der Waals surface area contributed by atoms with E-state index in [1.54, 1.807) is 0 Å².